The van der Waals surface area contributed by atoms with Gasteiger partial charge in [0.2, 0.25) is 0 Å². The Hall–Kier alpha value is -2.17. The van der Waals surface area contributed by atoms with E-state index in [0.29, 0.717) is 12.3 Å². The Labute approximate surface area is 243 Å². The summed E-state index contributed by atoms with van der Waals surface area (Å²) in [5, 5.41) is 9.28. The molecule has 0 amide bonds. The summed E-state index contributed by atoms with van der Waals surface area (Å²) in [5.74, 6) is -0.344. The first-order valence-electron chi connectivity index (χ1n) is 15.1. The zero-order chi connectivity index (χ0) is 28.6. The number of carboxylic acids is 1. The molecular formula is C34H53ClN2O2. The van der Waals surface area contributed by atoms with Crippen molar-refractivity contribution in [2.45, 2.75) is 109 Å². The number of halogens is 1. The van der Waals surface area contributed by atoms with Crippen LogP contribution in [0.2, 0.25) is 5.02 Å². The summed E-state index contributed by atoms with van der Waals surface area (Å²) < 4.78 is 0. The maximum absolute atomic E-state index is 10.3. The highest BCUT2D eigenvalue weighted by atomic mass is 35.5. The van der Waals surface area contributed by atoms with Crippen LogP contribution in [-0.2, 0) is 4.79 Å². The fourth-order valence-electron chi connectivity index (χ4n) is 4.50. The summed E-state index contributed by atoms with van der Waals surface area (Å²) in [5.41, 5.74) is 2.39. The lowest BCUT2D eigenvalue weighted by Gasteiger charge is -2.19. The summed E-state index contributed by atoms with van der Waals surface area (Å²) in [7, 11) is 4.19. The number of pyridine rings is 1. The highest BCUT2D eigenvalue weighted by Gasteiger charge is 2.15. The van der Waals surface area contributed by atoms with Gasteiger partial charge < -0.3 is 10.0 Å². The van der Waals surface area contributed by atoms with Gasteiger partial charge in [-0.2, -0.15) is 0 Å². The van der Waals surface area contributed by atoms with Crippen molar-refractivity contribution in [1.82, 2.24) is 9.88 Å². The predicted octanol–water partition coefficient (Wildman–Crippen LogP) is 9.93. The molecule has 0 radical (unpaired) electrons. The van der Waals surface area contributed by atoms with E-state index in [-0.39, 0.29) is 0 Å². The number of carboxylic acid groups (broad SMARTS) is 1. The number of allylic oxidation sites excluding steroid dienone is 2. The van der Waals surface area contributed by atoms with E-state index in [4.69, 9.17) is 16.7 Å². The van der Waals surface area contributed by atoms with Crippen molar-refractivity contribution >= 4 is 17.6 Å². The minimum Gasteiger partial charge on any atom is -0.481 e. The van der Waals surface area contributed by atoms with Crippen LogP contribution in [0.4, 0.5) is 0 Å². The summed E-state index contributed by atoms with van der Waals surface area (Å²) in [6.07, 6.45) is 24.1. The van der Waals surface area contributed by atoms with E-state index < -0.39 is 5.97 Å². The van der Waals surface area contributed by atoms with Gasteiger partial charge in [-0.15, -0.1) is 0 Å². The number of carbonyl (C=O) groups is 1. The van der Waals surface area contributed by atoms with Crippen LogP contribution in [0.15, 0.2) is 60.8 Å². The highest BCUT2D eigenvalue weighted by Crippen LogP contribution is 2.27. The molecule has 2 rings (SSSR count). The number of benzene rings is 1. The smallest absolute Gasteiger partial charge is 0.303 e. The van der Waals surface area contributed by atoms with E-state index in [2.05, 4.69) is 61.3 Å². The molecule has 1 atom stereocenters. The van der Waals surface area contributed by atoms with Crippen LogP contribution in [0.3, 0.4) is 0 Å². The second-order valence-electron chi connectivity index (χ2n) is 10.7. The van der Waals surface area contributed by atoms with E-state index in [1.54, 1.807) is 0 Å². The Morgan fingerprint density at radius 2 is 1.46 bits per heavy atom. The number of hydrogen-bond acceptors (Lipinski definition) is 3. The SMILES string of the molecule is CCCCCCCC/C=C\CCCCCCCC(=O)O.CN(C)CCC(c1ccc(Cl)cc1)c1ccccn1. The van der Waals surface area contributed by atoms with Gasteiger partial charge in [-0.05, 0) is 89.0 Å². The zero-order valence-corrected chi connectivity index (χ0v) is 25.5. The lowest BCUT2D eigenvalue weighted by Crippen LogP contribution is -2.17. The molecule has 0 bridgehead atoms. The van der Waals surface area contributed by atoms with Crippen LogP contribution >= 0.6 is 11.6 Å². The Balaban J connectivity index is 0.000000390. The third-order valence-corrected chi connectivity index (χ3v) is 7.09. The van der Waals surface area contributed by atoms with Crippen molar-refractivity contribution in [3.8, 4) is 0 Å². The predicted molar refractivity (Wildman–Crippen MR) is 168 cm³/mol. The third kappa shape index (κ3) is 19.5. The molecule has 0 saturated heterocycles. The van der Waals surface area contributed by atoms with Crippen LogP contribution in [0.1, 0.15) is 120 Å². The van der Waals surface area contributed by atoms with Crippen molar-refractivity contribution in [3.05, 3.63) is 77.1 Å². The van der Waals surface area contributed by atoms with Crippen LogP contribution < -0.4 is 0 Å². The fraction of sp³-hybridized carbons (Fsp3) is 0.588. The van der Waals surface area contributed by atoms with Crippen molar-refractivity contribution in [1.29, 1.82) is 0 Å². The average Bonchev–Trinajstić information content (AvgIpc) is 2.92. The number of unbranched alkanes of at least 4 members (excludes halogenated alkanes) is 11. The number of hydrogen-bond donors (Lipinski definition) is 1. The van der Waals surface area contributed by atoms with Gasteiger partial charge in [-0.1, -0.05) is 100 Å². The van der Waals surface area contributed by atoms with E-state index in [1.807, 2.05) is 30.5 Å². The van der Waals surface area contributed by atoms with Crippen molar-refractivity contribution < 1.29 is 9.90 Å². The van der Waals surface area contributed by atoms with Gasteiger partial charge in [0.1, 0.15) is 0 Å². The molecule has 0 fully saturated rings. The van der Waals surface area contributed by atoms with E-state index >= 15 is 0 Å². The van der Waals surface area contributed by atoms with Gasteiger partial charge in [0.25, 0.3) is 0 Å². The summed E-state index contributed by atoms with van der Waals surface area (Å²) in [6, 6.07) is 14.2. The molecule has 1 aromatic carbocycles. The molecule has 0 aliphatic carbocycles. The standard InChI is InChI=1S/C18H34O2.C16H19ClN2/c1-2-3-4-5-6-7-8-9-10-11-12-13-14-15-16-17-18(19)20;1-19(2)12-10-15(16-5-3-4-11-18-16)13-6-8-14(17)9-7-13/h9-10H,2-8,11-17H2,1H3,(H,19,20);3-9,11,15H,10,12H2,1-2H3/b10-9-;. The molecule has 0 saturated carbocycles. The maximum atomic E-state index is 10.3. The summed E-state index contributed by atoms with van der Waals surface area (Å²) in [6.45, 7) is 3.29. The Bertz CT molecular complexity index is 869. The molecule has 4 nitrogen and oxygen atoms in total. The molecule has 1 unspecified atom stereocenters. The number of aromatic nitrogens is 1. The molecule has 0 aliphatic rings. The van der Waals surface area contributed by atoms with Crippen molar-refractivity contribution in [3.63, 3.8) is 0 Å². The lowest BCUT2D eigenvalue weighted by molar-refractivity contribution is -0.137. The van der Waals surface area contributed by atoms with E-state index in [9.17, 15) is 4.79 Å². The molecule has 39 heavy (non-hydrogen) atoms. The molecule has 218 valence electrons. The van der Waals surface area contributed by atoms with Crippen LogP contribution in [0.25, 0.3) is 0 Å². The van der Waals surface area contributed by atoms with E-state index in [1.165, 1.54) is 76.2 Å². The first-order valence-corrected chi connectivity index (χ1v) is 15.5. The van der Waals surface area contributed by atoms with Gasteiger partial charge in [0.05, 0.1) is 0 Å². The molecule has 2 aromatic rings. The number of nitrogens with zero attached hydrogens (tertiary/aromatic N) is 2. The van der Waals surface area contributed by atoms with Gasteiger partial charge in [0.15, 0.2) is 0 Å². The number of rotatable bonds is 20. The largest absolute Gasteiger partial charge is 0.481 e. The van der Waals surface area contributed by atoms with Gasteiger partial charge in [0, 0.05) is 29.3 Å². The van der Waals surface area contributed by atoms with Crippen LogP contribution in [-0.4, -0.2) is 41.6 Å². The molecule has 1 heterocycles. The van der Waals surface area contributed by atoms with E-state index in [0.717, 1.165) is 36.5 Å². The summed E-state index contributed by atoms with van der Waals surface area (Å²) >= 11 is 5.97. The zero-order valence-electron chi connectivity index (χ0n) is 24.8. The molecule has 1 N–H and O–H groups in total. The van der Waals surface area contributed by atoms with Gasteiger partial charge in [-0.3, -0.25) is 9.78 Å². The quantitative estimate of drug-likeness (QED) is 0.130. The number of aliphatic carboxylic acids is 1. The molecule has 0 aliphatic heterocycles. The second kappa shape index (κ2) is 23.7. The minimum atomic E-state index is -0.664. The lowest BCUT2D eigenvalue weighted by atomic mass is 9.92. The Morgan fingerprint density at radius 1 is 0.872 bits per heavy atom. The van der Waals surface area contributed by atoms with Crippen molar-refractivity contribution in [2.24, 2.45) is 0 Å². The molecule has 1 aromatic heterocycles. The molecular weight excluding hydrogens is 504 g/mol. The van der Waals surface area contributed by atoms with Crippen molar-refractivity contribution in [2.75, 3.05) is 20.6 Å². The third-order valence-electron chi connectivity index (χ3n) is 6.83. The second-order valence-corrected chi connectivity index (χ2v) is 11.1. The fourth-order valence-corrected chi connectivity index (χ4v) is 4.62. The average molecular weight is 557 g/mol. The molecule has 0 spiro atoms. The van der Waals surface area contributed by atoms with Gasteiger partial charge >= 0.3 is 5.97 Å². The molecule has 5 heteroatoms. The first-order chi connectivity index (χ1) is 18.9. The minimum absolute atomic E-state index is 0.320. The first kappa shape index (κ1) is 34.9. The topological polar surface area (TPSA) is 53.4 Å². The van der Waals surface area contributed by atoms with Crippen LogP contribution in [0.5, 0.6) is 0 Å². The highest BCUT2D eigenvalue weighted by molar-refractivity contribution is 6.30. The Morgan fingerprint density at radius 3 is 2.00 bits per heavy atom. The Kier molecular flexibility index (Phi) is 21.2. The van der Waals surface area contributed by atoms with Crippen LogP contribution in [0, 0.1) is 0 Å². The van der Waals surface area contributed by atoms with Gasteiger partial charge in [-0.25, -0.2) is 0 Å². The maximum Gasteiger partial charge on any atom is 0.303 e. The normalized spacial score (nSPS) is 11.9. The summed E-state index contributed by atoms with van der Waals surface area (Å²) in [4.78, 5) is 17.0. The monoisotopic (exact) mass is 556 g/mol.